The Hall–Kier alpha value is -2.23. The summed E-state index contributed by atoms with van der Waals surface area (Å²) in [5.41, 5.74) is 0.415. The molecule has 0 fully saturated rings. The van der Waals surface area contributed by atoms with Gasteiger partial charge in [0.25, 0.3) is 0 Å². The Bertz CT molecular complexity index is 475. The first-order valence-corrected chi connectivity index (χ1v) is 4.89. The number of rotatable bonds is 2. The number of allylic oxidation sites excluding steroid dienone is 2. The lowest BCUT2D eigenvalue weighted by Gasteiger charge is -2.05. The molecule has 1 aromatic carbocycles. The molecule has 0 spiro atoms. The van der Waals surface area contributed by atoms with E-state index >= 15 is 0 Å². The third kappa shape index (κ3) is 2.23. The maximum absolute atomic E-state index is 11.6. The second-order valence-corrected chi connectivity index (χ2v) is 3.32. The highest BCUT2D eigenvalue weighted by atomic mass is 16.5. The first kappa shape index (κ1) is 10.3. The van der Waals surface area contributed by atoms with E-state index in [1.165, 1.54) is 6.08 Å². The lowest BCUT2D eigenvalue weighted by molar-refractivity contribution is -0.443. The van der Waals surface area contributed by atoms with Gasteiger partial charge in [-0.1, -0.05) is 35.2 Å². The van der Waals surface area contributed by atoms with E-state index in [0.717, 1.165) is 0 Å². The van der Waals surface area contributed by atoms with Crippen molar-refractivity contribution in [3.8, 4) is 0 Å². The molecule has 0 N–H and O–H groups in total. The Morgan fingerprint density at radius 2 is 1.94 bits per heavy atom. The lowest BCUT2D eigenvalue weighted by atomic mass is 10.1. The highest BCUT2D eigenvalue weighted by Crippen LogP contribution is 2.12. The summed E-state index contributed by atoms with van der Waals surface area (Å²) in [5.74, 6) is -0.181. The van der Waals surface area contributed by atoms with Crippen molar-refractivity contribution in [1.29, 1.82) is 0 Å². The van der Waals surface area contributed by atoms with E-state index in [9.17, 15) is 10.0 Å². The first-order valence-electron chi connectivity index (χ1n) is 4.89. The van der Waals surface area contributed by atoms with Crippen LogP contribution in [0, 0.1) is 5.21 Å². The molecule has 1 unspecified atom stereocenters. The number of benzene rings is 1. The van der Waals surface area contributed by atoms with E-state index in [1.807, 2.05) is 6.07 Å². The second-order valence-electron chi connectivity index (χ2n) is 3.32. The number of para-hydroxylation sites is 1. The van der Waals surface area contributed by atoms with Gasteiger partial charge >= 0.3 is 0 Å². The fourth-order valence-electron chi connectivity index (χ4n) is 1.34. The molecule has 16 heavy (non-hydrogen) atoms. The molecule has 0 aromatic heterocycles. The standard InChI is InChI=1S/C12H10N2O2/c15-12-9-5-4-8-11(12)13-14(16)10-6-2-1-3-7-10/h1-9,11H. The Morgan fingerprint density at radius 3 is 2.62 bits per heavy atom. The number of hydrogen-bond acceptors (Lipinski definition) is 3. The molecule has 4 heteroatoms. The third-order valence-corrected chi connectivity index (χ3v) is 2.16. The summed E-state index contributed by atoms with van der Waals surface area (Å²) in [5, 5.41) is 15.4. The van der Waals surface area contributed by atoms with Gasteiger partial charge in [0.2, 0.25) is 5.69 Å². The molecule has 0 saturated carbocycles. The van der Waals surface area contributed by atoms with E-state index < -0.39 is 6.04 Å². The summed E-state index contributed by atoms with van der Waals surface area (Å²) in [4.78, 5) is 11.8. The Morgan fingerprint density at radius 1 is 1.19 bits per heavy atom. The fourth-order valence-corrected chi connectivity index (χ4v) is 1.34. The first-order chi connectivity index (χ1) is 7.77. The van der Waals surface area contributed by atoms with Gasteiger partial charge in [0, 0.05) is 12.1 Å². The number of ketones is 1. The molecule has 0 radical (unpaired) electrons. The van der Waals surface area contributed by atoms with Crippen LogP contribution in [0.15, 0.2) is 59.8 Å². The minimum Gasteiger partial charge on any atom is -0.594 e. The van der Waals surface area contributed by atoms with E-state index in [0.29, 0.717) is 10.5 Å². The molecule has 0 saturated heterocycles. The van der Waals surface area contributed by atoms with Crippen LogP contribution in [0.5, 0.6) is 0 Å². The lowest BCUT2D eigenvalue weighted by Crippen LogP contribution is -2.17. The summed E-state index contributed by atoms with van der Waals surface area (Å²) in [6.45, 7) is 0. The van der Waals surface area contributed by atoms with Gasteiger partial charge < -0.3 is 5.21 Å². The van der Waals surface area contributed by atoms with Crippen LogP contribution in [0.4, 0.5) is 5.69 Å². The summed E-state index contributed by atoms with van der Waals surface area (Å²) in [7, 11) is 0. The zero-order chi connectivity index (χ0) is 11.4. The Kier molecular flexibility index (Phi) is 2.91. The number of carbonyl (C=O) groups excluding carboxylic acids is 1. The molecule has 0 amide bonds. The number of hydrogen-bond donors (Lipinski definition) is 0. The maximum atomic E-state index is 11.6. The predicted molar refractivity (Wildman–Crippen MR) is 59.2 cm³/mol. The number of azo groups is 1. The highest BCUT2D eigenvalue weighted by Gasteiger charge is 2.18. The van der Waals surface area contributed by atoms with Gasteiger partial charge in [-0.25, -0.2) is 0 Å². The number of carbonyl (C=O) groups is 1. The van der Waals surface area contributed by atoms with Crippen LogP contribution < -0.4 is 0 Å². The smallest absolute Gasteiger partial charge is 0.244 e. The van der Waals surface area contributed by atoms with E-state index in [-0.39, 0.29) is 5.78 Å². The van der Waals surface area contributed by atoms with Crippen LogP contribution >= 0.6 is 0 Å². The van der Waals surface area contributed by atoms with Crippen molar-refractivity contribution in [3.63, 3.8) is 0 Å². The van der Waals surface area contributed by atoms with Gasteiger partial charge in [-0.2, -0.15) is 0 Å². The summed E-state index contributed by atoms with van der Waals surface area (Å²) >= 11 is 0. The molecular formula is C12H10N2O2. The zero-order valence-corrected chi connectivity index (χ0v) is 8.48. The van der Waals surface area contributed by atoms with Gasteiger partial charge in [0.15, 0.2) is 11.8 Å². The molecule has 1 aromatic rings. The van der Waals surface area contributed by atoms with Gasteiger partial charge in [-0.3, -0.25) is 4.79 Å². The molecule has 1 aliphatic rings. The minimum atomic E-state index is -0.706. The van der Waals surface area contributed by atoms with Crippen molar-refractivity contribution in [2.45, 2.75) is 6.04 Å². The van der Waals surface area contributed by atoms with Crippen LogP contribution in [0.1, 0.15) is 0 Å². The van der Waals surface area contributed by atoms with Crippen LogP contribution in [-0.4, -0.2) is 16.7 Å². The number of nitrogens with zero attached hydrogens (tertiary/aromatic N) is 2. The molecule has 0 aliphatic heterocycles. The SMILES string of the molecule is O=C1C=CC=CC1N=[N+]([O-])c1ccccc1. The normalized spacial score (nSPS) is 20.1. The van der Waals surface area contributed by atoms with E-state index in [2.05, 4.69) is 5.11 Å². The molecule has 1 atom stereocenters. The molecule has 80 valence electrons. The quantitative estimate of drug-likeness (QED) is 0.431. The summed E-state index contributed by atoms with van der Waals surface area (Å²) in [6.07, 6.45) is 6.34. The van der Waals surface area contributed by atoms with Crippen LogP contribution in [-0.2, 0) is 4.79 Å². The van der Waals surface area contributed by atoms with E-state index in [4.69, 9.17) is 0 Å². The third-order valence-electron chi connectivity index (χ3n) is 2.16. The molecule has 2 rings (SSSR count). The maximum Gasteiger partial charge on any atom is 0.244 e. The average molecular weight is 214 g/mol. The van der Waals surface area contributed by atoms with Crippen LogP contribution in [0.25, 0.3) is 0 Å². The molecule has 4 nitrogen and oxygen atoms in total. The summed E-state index contributed by atoms with van der Waals surface area (Å²) in [6, 6.07) is 7.88. The Labute approximate surface area is 92.8 Å². The summed E-state index contributed by atoms with van der Waals surface area (Å²) < 4.78 is 0. The van der Waals surface area contributed by atoms with Crippen molar-refractivity contribution >= 4 is 11.5 Å². The molecule has 0 heterocycles. The fraction of sp³-hybridized carbons (Fsp3) is 0.0833. The molecule has 1 aliphatic carbocycles. The van der Waals surface area contributed by atoms with E-state index in [1.54, 1.807) is 42.5 Å². The minimum absolute atomic E-state index is 0.181. The van der Waals surface area contributed by atoms with Gasteiger partial charge in [-0.15, -0.1) is 0 Å². The van der Waals surface area contributed by atoms with Gasteiger partial charge in [0.05, 0.1) is 0 Å². The average Bonchev–Trinajstić information content (AvgIpc) is 2.33. The van der Waals surface area contributed by atoms with Crippen molar-refractivity contribution in [1.82, 2.24) is 0 Å². The van der Waals surface area contributed by atoms with Crippen molar-refractivity contribution in [3.05, 3.63) is 59.8 Å². The highest BCUT2D eigenvalue weighted by molar-refractivity contribution is 5.97. The predicted octanol–water partition coefficient (Wildman–Crippen LogP) is 2.34. The molecule has 0 bridgehead atoms. The Balaban J connectivity index is 2.22. The molecular weight excluding hydrogens is 204 g/mol. The zero-order valence-electron chi connectivity index (χ0n) is 8.48. The topological polar surface area (TPSA) is 55.5 Å². The van der Waals surface area contributed by atoms with Gasteiger partial charge in [0.1, 0.15) is 0 Å². The van der Waals surface area contributed by atoms with Crippen molar-refractivity contribution < 1.29 is 9.66 Å². The van der Waals surface area contributed by atoms with Crippen LogP contribution in [0.3, 0.4) is 0 Å². The van der Waals surface area contributed by atoms with Crippen molar-refractivity contribution in [2.75, 3.05) is 0 Å². The largest absolute Gasteiger partial charge is 0.594 e. The van der Waals surface area contributed by atoms with Gasteiger partial charge in [-0.05, 0) is 17.3 Å². The monoisotopic (exact) mass is 214 g/mol. The second kappa shape index (κ2) is 4.53. The van der Waals surface area contributed by atoms with Crippen molar-refractivity contribution in [2.24, 2.45) is 5.11 Å². The van der Waals surface area contributed by atoms with Crippen LogP contribution in [0.2, 0.25) is 0 Å².